The third-order valence-electron chi connectivity index (χ3n) is 6.36. The molecular weight excluding hydrogens is 485 g/mol. The van der Waals surface area contributed by atoms with E-state index in [4.69, 9.17) is 4.74 Å². The van der Waals surface area contributed by atoms with Gasteiger partial charge in [0.1, 0.15) is 5.75 Å². The molecule has 0 unspecified atom stereocenters. The van der Waals surface area contributed by atoms with Crippen molar-refractivity contribution in [1.29, 1.82) is 0 Å². The van der Waals surface area contributed by atoms with Gasteiger partial charge in [0.15, 0.2) is 5.78 Å². The number of unbranched alkanes of at least 4 members (excludes halogenated alkanes) is 2. The highest BCUT2D eigenvalue weighted by Gasteiger charge is 2.34. The number of nitrogens with one attached hydrogen (secondary N) is 1. The number of carbonyl (C=O) groups is 2. The highest BCUT2D eigenvalue weighted by molar-refractivity contribution is 6.45. The molecule has 1 aliphatic rings. The number of halogens is 3. The highest BCUT2D eigenvalue weighted by Crippen LogP contribution is 2.29. The molecule has 2 aromatic rings. The molecule has 1 fully saturated rings. The third-order valence-corrected chi connectivity index (χ3v) is 6.36. The van der Waals surface area contributed by atoms with Gasteiger partial charge in [0, 0.05) is 12.0 Å². The van der Waals surface area contributed by atoms with E-state index in [0.717, 1.165) is 38.1 Å². The van der Waals surface area contributed by atoms with E-state index in [2.05, 4.69) is 9.89 Å². The van der Waals surface area contributed by atoms with E-state index in [0.29, 0.717) is 43.5 Å². The van der Waals surface area contributed by atoms with Crippen LogP contribution in [0.25, 0.3) is 0 Å². The van der Waals surface area contributed by atoms with Crippen molar-refractivity contribution in [2.45, 2.75) is 51.1 Å². The first kappa shape index (κ1) is 28.2. The van der Waals surface area contributed by atoms with E-state index >= 15 is 0 Å². The molecule has 37 heavy (non-hydrogen) atoms. The molecule has 0 atom stereocenters. The van der Waals surface area contributed by atoms with Gasteiger partial charge in [0.25, 0.3) is 0 Å². The molecule has 0 bridgehead atoms. The number of methoxy groups -OCH3 is 1. The normalized spacial score (nSPS) is 14.5. The summed E-state index contributed by atoms with van der Waals surface area (Å²) in [6.45, 7) is 1.94. The van der Waals surface area contributed by atoms with Gasteiger partial charge in [-0.15, -0.1) is 0 Å². The lowest BCUT2D eigenvalue weighted by Gasteiger charge is -2.11. The fourth-order valence-electron chi connectivity index (χ4n) is 4.23. The zero-order valence-corrected chi connectivity index (χ0v) is 20.9. The molecular formula is C28H33F3N2O4+2. The number of nitrogens with zero attached hydrogens (tertiary/aromatic N) is 1. The Morgan fingerprint density at radius 1 is 0.919 bits per heavy atom. The van der Waals surface area contributed by atoms with Crippen LogP contribution in [0.1, 0.15) is 66.4 Å². The minimum absolute atomic E-state index is 0.0319. The summed E-state index contributed by atoms with van der Waals surface area (Å²) >= 11 is 0. The first-order chi connectivity index (χ1) is 17.7. The summed E-state index contributed by atoms with van der Waals surface area (Å²) in [7, 11) is 1.56. The molecule has 6 nitrogen and oxygen atoms in total. The summed E-state index contributed by atoms with van der Waals surface area (Å²) in [5, 5.41) is 0. The van der Waals surface area contributed by atoms with Gasteiger partial charge in [-0.05, 0) is 87.3 Å². The molecule has 2 aromatic carbocycles. The van der Waals surface area contributed by atoms with Crippen molar-refractivity contribution in [3.63, 3.8) is 0 Å². The second-order valence-corrected chi connectivity index (χ2v) is 9.15. The summed E-state index contributed by atoms with van der Waals surface area (Å²) in [5.74, 6) is 0.197. The number of ketones is 2. The van der Waals surface area contributed by atoms with Gasteiger partial charge < -0.3 is 4.74 Å². The van der Waals surface area contributed by atoms with Crippen molar-refractivity contribution in [2.24, 2.45) is 0 Å². The molecule has 0 spiro atoms. The van der Waals surface area contributed by atoms with Crippen LogP contribution < -0.4 is 9.73 Å². The van der Waals surface area contributed by atoms with Crippen LogP contribution in [0.5, 0.6) is 5.75 Å². The first-order valence-electron chi connectivity index (χ1n) is 12.5. The number of Topliss-reactive ketones (excluding diaryl/α,β-unsaturated/α-hetero) is 1. The Morgan fingerprint density at radius 3 is 2.11 bits per heavy atom. The monoisotopic (exact) mass is 518 g/mol. The lowest BCUT2D eigenvalue weighted by Crippen LogP contribution is -2.80. The lowest BCUT2D eigenvalue weighted by atomic mass is 10.0. The number of likely N-dealkylation sites (tertiary alicyclic amines) is 1. The van der Waals surface area contributed by atoms with Crippen molar-refractivity contribution < 1.29 is 37.3 Å². The first-order valence-corrected chi connectivity index (χ1v) is 12.5. The Kier molecular flexibility index (Phi) is 10.1. The van der Waals surface area contributed by atoms with Crippen molar-refractivity contribution >= 4 is 23.2 Å². The van der Waals surface area contributed by atoms with E-state index < -0.39 is 11.7 Å². The number of hydrogen-bond acceptors (Lipinski definition) is 4. The van der Waals surface area contributed by atoms with Crippen LogP contribution in [0, 0.1) is 0 Å². The van der Waals surface area contributed by atoms with E-state index in [9.17, 15) is 27.6 Å². The predicted octanol–water partition coefficient (Wildman–Crippen LogP) is 3.58. The van der Waals surface area contributed by atoms with Crippen LogP contribution in [0.3, 0.4) is 0 Å². The molecule has 1 saturated heterocycles. The van der Waals surface area contributed by atoms with Gasteiger partial charge in [-0.3, -0.25) is 14.5 Å². The van der Waals surface area contributed by atoms with Crippen molar-refractivity contribution in [3.05, 3.63) is 65.2 Å². The Bertz CT molecular complexity index is 1100. The van der Waals surface area contributed by atoms with Crippen LogP contribution in [-0.4, -0.2) is 59.6 Å². The lowest BCUT2D eigenvalue weighted by molar-refractivity contribution is -0.377. The van der Waals surface area contributed by atoms with E-state index in [1.165, 1.54) is 12.1 Å². The molecule has 9 heteroatoms. The number of ether oxygens (including phenoxy) is 1. The summed E-state index contributed by atoms with van der Waals surface area (Å²) in [6.07, 6.45) is 0.0403. The number of benzene rings is 2. The van der Waals surface area contributed by atoms with Gasteiger partial charge >= 0.3 is 23.6 Å². The molecule has 0 aromatic heterocycles. The number of hydrogen-bond donors (Lipinski definition) is 1. The zero-order valence-electron chi connectivity index (χ0n) is 20.9. The maximum Gasteiger partial charge on any atom is 0.416 e. The second-order valence-electron chi connectivity index (χ2n) is 9.15. The van der Waals surface area contributed by atoms with E-state index in [-0.39, 0.29) is 35.2 Å². The molecule has 3 rings (SSSR count). The van der Waals surface area contributed by atoms with Gasteiger partial charge in [-0.2, -0.15) is 18.2 Å². The summed E-state index contributed by atoms with van der Waals surface area (Å²) in [5.41, 5.74) is 0.300. The minimum atomic E-state index is -4.47. The standard InChI is InChI=1S/C28H31F3N2O4/c1-37-23-15-11-20(12-16-23)25(34)7-3-2-4-8-26(35)32-24(19-33-17-5-6-18-33)27(36)21-9-13-22(14-10-21)28(29,30)31/h9-16H,2-8,17-19H2,1H3/p+2. The minimum Gasteiger partial charge on any atom is -0.497 e. The summed E-state index contributed by atoms with van der Waals surface area (Å²) in [4.78, 5) is 40.6. The fourth-order valence-corrected chi connectivity index (χ4v) is 4.23. The average molecular weight is 519 g/mol. The molecule has 0 saturated carbocycles. The molecule has 198 valence electrons. The van der Waals surface area contributed by atoms with Gasteiger partial charge in [-0.25, -0.2) is 4.79 Å². The average Bonchev–Trinajstić information content (AvgIpc) is 3.40. The Labute approximate surface area is 214 Å². The zero-order chi connectivity index (χ0) is 26.8. The maximum absolute atomic E-state index is 12.9. The molecule has 2 N–H and O–H groups in total. The van der Waals surface area contributed by atoms with Crippen LogP contribution >= 0.6 is 0 Å². The van der Waals surface area contributed by atoms with E-state index in [1.54, 1.807) is 31.4 Å². The second kappa shape index (κ2) is 13.3. The number of rotatable bonds is 12. The number of alkyl halides is 3. The maximum atomic E-state index is 12.9. The largest absolute Gasteiger partial charge is 0.497 e. The van der Waals surface area contributed by atoms with Crippen molar-refractivity contribution in [2.75, 3.05) is 26.7 Å². The Balaban J connectivity index is 1.54. The summed E-state index contributed by atoms with van der Waals surface area (Å²) in [6, 6.07) is 11.2. The molecule has 0 radical (unpaired) electrons. The Hall–Kier alpha value is -3.33. The summed E-state index contributed by atoms with van der Waals surface area (Å²) < 4.78 is 43.8. The van der Waals surface area contributed by atoms with Crippen molar-refractivity contribution in [1.82, 2.24) is 4.90 Å². The quantitative estimate of drug-likeness (QED) is 0.202. The molecule has 1 amide bonds. The number of amides is 1. The predicted molar refractivity (Wildman–Crippen MR) is 135 cm³/mol. The van der Waals surface area contributed by atoms with Crippen LogP contribution in [0.2, 0.25) is 0 Å². The highest BCUT2D eigenvalue weighted by atomic mass is 19.4. The topological polar surface area (TPSA) is 82.0 Å². The SMILES string of the molecule is COc1ccc(C(=O)CCCCCC(=O)[NH+]=C(CN2CCCC2)C(=[OH+])c2ccc(C(F)(F)F)cc2)cc1. The Morgan fingerprint density at radius 2 is 1.51 bits per heavy atom. The third kappa shape index (κ3) is 8.63. The van der Waals surface area contributed by atoms with Crippen LogP contribution in [-0.2, 0) is 11.0 Å². The molecule has 1 aliphatic heterocycles. The van der Waals surface area contributed by atoms with Crippen molar-refractivity contribution in [3.8, 4) is 5.75 Å². The fraction of sp³-hybridized carbons (Fsp3) is 0.429. The van der Waals surface area contributed by atoms with Crippen LogP contribution in [0.15, 0.2) is 48.5 Å². The smallest absolute Gasteiger partial charge is 0.416 e. The van der Waals surface area contributed by atoms with Gasteiger partial charge in [0.2, 0.25) is 0 Å². The number of carbonyl (C=O) groups excluding carboxylic acids is 3. The molecule has 0 aliphatic carbocycles. The van der Waals surface area contributed by atoms with Gasteiger partial charge in [0.05, 0.1) is 31.2 Å². The van der Waals surface area contributed by atoms with Gasteiger partial charge in [-0.1, -0.05) is 6.42 Å². The van der Waals surface area contributed by atoms with Crippen LogP contribution in [0.4, 0.5) is 13.2 Å². The van der Waals surface area contributed by atoms with E-state index in [1.807, 2.05) is 0 Å². The molecule has 1 heterocycles.